The van der Waals surface area contributed by atoms with Gasteiger partial charge in [-0.15, -0.1) is 0 Å². The molecular weight excluding hydrogens is 288 g/mol. The molecular formula is C19H26N2O2. The Morgan fingerprint density at radius 1 is 1.26 bits per heavy atom. The minimum absolute atomic E-state index is 0.0459. The summed E-state index contributed by atoms with van der Waals surface area (Å²) >= 11 is 0. The highest BCUT2D eigenvalue weighted by Crippen LogP contribution is 2.22. The molecule has 124 valence electrons. The van der Waals surface area contributed by atoms with Crippen LogP contribution in [0, 0.1) is 6.92 Å². The van der Waals surface area contributed by atoms with Gasteiger partial charge in [0.15, 0.2) is 5.76 Å². The zero-order valence-corrected chi connectivity index (χ0v) is 14.6. The Kier molecular flexibility index (Phi) is 5.61. The highest BCUT2D eigenvalue weighted by Gasteiger charge is 2.24. The lowest BCUT2D eigenvalue weighted by Gasteiger charge is -2.31. The second-order valence-electron chi connectivity index (χ2n) is 6.15. The monoisotopic (exact) mass is 314 g/mol. The topological polar surface area (TPSA) is 45.5 Å². The number of hydrogen-bond acceptors (Lipinski definition) is 3. The minimum Gasteiger partial charge on any atom is -0.456 e. The van der Waals surface area contributed by atoms with Gasteiger partial charge in [-0.2, -0.15) is 0 Å². The van der Waals surface area contributed by atoms with Crippen LogP contribution in [0.15, 0.2) is 40.8 Å². The third kappa shape index (κ3) is 4.02. The third-order valence-electron chi connectivity index (χ3n) is 4.10. The number of furan rings is 1. The number of nitrogens with one attached hydrogen (secondary N) is 1. The van der Waals surface area contributed by atoms with Gasteiger partial charge in [0.25, 0.3) is 5.91 Å². The van der Waals surface area contributed by atoms with Crippen LogP contribution in [0.3, 0.4) is 0 Å². The third-order valence-corrected chi connectivity index (χ3v) is 4.10. The summed E-state index contributed by atoms with van der Waals surface area (Å²) in [7, 11) is 4.04. The van der Waals surface area contributed by atoms with E-state index in [1.165, 1.54) is 5.56 Å². The van der Waals surface area contributed by atoms with E-state index in [4.69, 9.17) is 4.42 Å². The zero-order chi connectivity index (χ0) is 17.0. The molecule has 0 aliphatic carbocycles. The molecule has 1 aromatic carbocycles. The number of nitrogens with zero attached hydrogens (tertiary/aromatic N) is 1. The molecule has 2 aromatic rings. The molecule has 0 bridgehead atoms. The van der Waals surface area contributed by atoms with E-state index in [0.29, 0.717) is 5.76 Å². The smallest absolute Gasteiger partial charge is 0.287 e. The van der Waals surface area contributed by atoms with Gasteiger partial charge in [0.05, 0.1) is 6.04 Å². The summed E-state index contributed by atoms with van der Waals surface area (Å²) in [6.07, 6.45) is 0.791. The van der Waals surface area contributed by atoms with Crippen molar-refractivity contribution in [1.29, 1.82) is 0 Å². The van der Waals surface area contributed by atoms with Crippen molar-refractivity contribution in [2.75, 3.05) is 14.1 Å². The fourth-order valence-electron chi connectivity index (χ4n) is 3.02. The summed E-state index contributed by atoms with van der Waals surface area (Å²) in [6.45, 7) is 6.01. The summed E-state index contributed by atoms with van der Waals surface area (Å²) in [6, 6.07) is 12.1. The van der Waals surface area contributed by atoms with E-state index in [-0.39, 0.29) is 18.0 Å². The summed E-state index contributed by atoms with van der Waals surface area (Å²) in [4.78, 5) is 14.6. The number of carbonyl (C=O) groups excluding carboxylic acids is 1. The average molecular weight is 314 g/mol. The number of carbonyl (C=O) groups is 1. The Balaban J connectivity index is 2.15. The molecule has 0 fully saturated rings. The first-order chi connectivity index (χ1) is 10.9. The average Bonchev–Trinajstić information content (AvgIpc) is 2.89. The molecule has 4 nitrogen and oxygen atoms in total. The first-order valence-corrected chi connectivity index (χ1v) is 8.05. The van der Waals surface area contributed by atoms with Crippen LogP contribution >= 0.6 is 0 Å². The van der Waals surface area contributed by atoms with Crippen molar-refractivity contribution in [2.45, 2.75) is 39.3 Å². The van der Waals surface area contributed by atoms with E-state index < -0.39 is 0 Å². The van der Waals surface area contributed by atoms with Gasteiger partial charge < -0.3 is 14.6 Å². The Hall–Kier alpha value is -2.07. The van der Waals surface area contributed by atoms with E-state index >= 15 is 0 Å². The van der Waals surface area contributed by atoms with Crippen LogP contribution in [-0.2, 0) is 6.42 Å². The number of benzene rings is 1. The molecule has 4 heteroatoms. The summed E-state index contributed by atoms with van der Waals surface area (Å²) in [5.41, 5.74) is 2.20. The predicted octanol–water partition coefficient (Wildman–Crippen LogP) is 3.57. The number of likely N-dealkylation sites (N-methyl/N-ethyl adjacent to an activating group) is 1. The minimum atomic E-state index is -0.164. The molecule has 1 aromatic heterocycles. The van der Waals surface area contributed by atoms with Crippen molar-refractivity contribution in [2.24, 2.45) is 0 Å². The highest BCUT2D eigenvalue weighted by molar-refractivity contribution is 5.92. The molecule has 1 heterocycles. The Morgan fingerprint density at radius 2 is 1.91 bits per heavy atom. The molecule has 0 aliphatic heterocycles. The van der Waals surface area contributed by atoms with Gasteiger partial charge in [-0.1, -0.05) is 37.3 Å². The van der Waals surface area contributed by atoms with Crippen LogP contribution in [-0.4, -0.2) is 30.9 Å². The zero-order valence-electron chi connectivity index (χ0n) is 14.6. The Morgan fingerprint density at radius 3 is 2.43 bits per heavy atom. The summed E-state index contributed by atoms with van der Waals surface area (Å²) in [5.74, 6) is 1.09. The molecule has 0 spiro atoms. The lowest BCUT2D eigenvalue weighted by atomic mass is 9.99. The van der Waals surface area contributed by atoms with Crippen LogP contribution < -0.4 is 5.32 Å². The van der Waals surface area contributed by atoms with Gasteiger partial charge in [0, 0.05) is 12.5 Å². The largest absolute Gasteiger partial charge is 0.456 e. The Labute approximate surface area is 138 Å². The summed E-state index contributed by atoms with van der Waals surface area (Å²) in [5, 5.41) is 3.07. The highest BCUT2D eigenvalue weighted by atomic mass is 16.4. The molecule has 1 amide bonds. The maximum atomic E-state index is 12.5. The second-order valence-corrected chi connectivity index (χ2v) is 6.15. The lowest BCUT2D eigenvalue weighted by Crippen LogP contribution is -2.42. The molecule has 2 rings (SSSR count). The molecule has 0 aliphatic rings. The number of amides is 1. The number of rotatable bonds is 6. The van der Waals surface area contributed by atoms with E-state index in [0.717, 1.165) is 17.7 Å². The molecule has 0 radical (unpaired) electrons. The molecule has 2 atom stereocenters. The normalized spacial score (nSPS) is 13.8. The van der Waals surface area contributed by atoms with Crippen molar-refractivity contribution in [1.82, 2.24) is 10.2 Å². The van der Waals surface area contributed by atoms with Crippen molar-refractivity contribution in [3.8, 4) is 0 Å². The van der Waals surface area contributed by atoms with Crippen LogP contribution in [0.5, 0.6) is 0 Å². The fraction of sp³-hybridized carbons (Fsp3) is 0.421. The number of hydrogen-bond donors (Lipinski definition) is 1. The van der Waals surface area contributed by atoms with Crippen molar-refractivity contribution in [3.05, 3.63) is 59.0 Å². The van der Waals surface area contributed by atoms with Gasteiger partial charge in [-0.05, 0) is 45.1 Å². The van der Waals surface area contributed by atoms with Gasteiger partial charge in [0.2, 0.25) is 0 Å². The quantitative estimate of drug-likeness (QED) is 0.886. The van der Waals surface area contributed by atoms with Crippen LogP contribution in [0.1, 0.15) is 47.3 Å². The molecule has 0 unspecified atom stereocenters. The summed E-state index contributed by atoms with van der Waals surface area (Å²) < 4.78 is 5.65. The first-order valence-electron chi connectivity index (χ1n) is 8.05. The molecule has 0 saturated carbocycles. The first kappa shape index (κ1) is 17.3. The maximum absolute atomic E-state index is 12.5. The van der Waals surface area contributed by atoms with Gasteiger partial charge in [-0.3, -0.25) is 4.79 Å². The van der Waals surface area contributed by atoms with Crippen molar-refractivity contribution >= 4 is 5.91 Å². The lowest BCUT2D eigenvalue weighted by molar-refractivity contribution is 0.0886. The van der Waals surface area contributed by atoms with Gasteiger partial charge in [0.1, 0.15) is 5.76 Å². The van der Waals surface area contributed by atoms with E-state index in [2.05, 4.69) is 22.3 Å². The van der Waals surface area contributed by atoms with E-state index in [9.17, 15) is 4.79 Å². The fourth-order valence-corrected chi connectivity index (χ4v) is 3.02. The second kappa shape index (κ2) is 7.47. The molecule has 0 saturated heterocycles. The van der Waals surface area contributed by atoms with Crippen molar-refractivity contribution in [3.63, 3.8) is 0 Å². The molecule has 23 heavy (non-hydrogen) atoms. The van der Waals surface area contributed by atoms with E-state index in [1.807, 2.05) is 59.1 Å². The van der Waals surface area contributed by atoms with Crippen molar-refractivity contribution < 1.29 is 9.21 Å². The predicted molar refractivity (Wildman–Crippen MR) is 92.6 cm³/mol. The van der Waals surface area contributed by atoms with Gasteiger partial charge in [-0.25, -0.2) is 0 Å². The standard InChI is InChI=1S/C19H26N2O2/c1-6-16-13(2)12-17(23-16)19(22)20-14(3)18(21(4)5)15-10-8-7-9-11-15/h7-12,14,18H,6H2,1-5H3,(H,20,22)/t14-,18+/m0/s1. The maximum Gasteiger partial charge on any atom is 0.287 e. The van der Waals surface area contributed by atoms with Gasteiger partial charge >= 0.3 is 0 Å². The SMILES string of the molecule is CCc1oc(C(=O)N[C@@H](C)[C@H](c2ccccc2)N(C)C)cc1C. The molecule has 1 N–H and O–H groups in total. The van der Waals surface area contributed by atoms with Crippen LogP contribution in [0.2, 0.25) is 0 Å². The number of aryl methyl sites for hydroxylation is 2. The van der Waals surface area contributed by atoms with E-state index in [1.54, 1.807) is 0 Å². The Bertz CT molecular complexity index is 647. The van der Waals surface area contributed by atoms with Crippen LogP contribution in [0.25, 0.3) is 0 Å². The van der Waals surface area contributed by atoms with Crippen LogP contribution in [0.4, 0.5) is 0 Å².